The van der Waals surface area contributed by atoms with Gasteiger partial charge in [0, 0.05) is 50.6 Å². The van der Waals surface area contributed by atoms with Crippen LogP contribution in [0.4, 0.5) is 11.8 Å². The van der Waals surface area contributed by atoms with E-state index in [0.717, 1.165) is 36.2 Å². The van der Waals surface area contributed by atoms with Gasteiger partial charge in [-0.1, -0.05) is 0 Å². The van der Waals surface area contributed by atoms with Gasteiger partial charge >= 0.3 is 0 Å². The van der Waals surface area contributed by atoms with Crippen molar-refractivity contribution in [2.24, 2.45) is 0 Å². The first-order chi connectivity index (χ1) is 13.0. The fourth-order valence-electron chi connectivity index (χ4n) is 3.64. The van der Waals surface area contributed by atoms with Crippen LogP contribution in [0.25, 0.3) is 0 Å². The molecule has 3 rings (SSSR count). The van der Waals surface area contributed by atoms with E-state index < -0.39 is 0 Å². The van der Waals surface area contributed by atoms with Crippen LogP contribution in [0, 0.1) is 6.92 Å². The van der Waals surface area contributed by atoms with Crippen LogP contribution in [0.3, 0.4) is 0 Å². The number of piperazine rings is 1. The quantitative estimate of drug-likeness (QED) is 0.813. The van der Waals surface area contributed by atoms with Gasteiger partial charge < -0.3 is 19.6 Å². The molecule has 2 atom stereocenters. The van der Waals surface area contributed by atoms with E-state index in [4.69, 9.17) is 14.8 Å². The van der Waals surface area contributed by atoms with Crippen molar-refractivity contribution < 1.29 is 9.84 Å². The van der Waals surface area contributed by atoms with Gasteiger partial charge in [0.25, 0.3) is 0 Å². The smallest absolute Gasteiger partial charge is 0.226 e. The highest BCUT2D eigenvalue weighted by atomic mass is 16.5. The topological polar surface area (TPSA) is 87.5 Å². The molecular weight excluding hydrogens is 344 g/mol. The van der Waals surface area contributed by atoms with Gasteiger partial charge in [0.1, 0.15) is 11.6 Å². The maximum absolute atomic E-state index is 9.13. The highest BCUT2D eigenvalue weighted by Crippen LogP contribution is 2.25. The first-order valence-corrected chi connectivity index (χ1v) is 9.31. The number of hydrogen-bond acceptors (Lipinski definition) is 8. The monoisotopic (exact) mass is 372 g/mol. The molecule has 0 amide bonds. The Morgan fingerprint density at radius 3 is 2.59 bits per heavy atom. The summed E-state index contributed by atoms with van der Waals surface area (Å²) in [5.41, 5.74) is 1.84. The number of aliphatic hydroxyl groups excluding tert-OH is 1. The molecule has 146 valence electrons. The molecule has 0 radical (unpaired) electrons. The number of rotatable bonds is 6. The van der Waals surface area contributed by atoms with Gasteiger partial charge in [0.15, 0.2) is 0 Å². The van der Waals surface area contributed by atoms with E-state index >= 15 is 0 Å². The minimum atomic E-state index is 0.0541. The first kappa shape index (κ1) is 19.4. The third-order valence-corrected chi connectivity index (χ3v) is 4.69. The zero-order valence-corrected chi connectivity index (χ0v) is 16.5. The third-order valence-electron chi connectivity index (χ3n) is 4.69. The third kappa shape index (κ3) is 4.51. The molecule has 1 aliphatic rings. The molecule has 27 heavy (non-hydrogen) atoms. The van der Waals surface area contributed by atoms with Gasteiger partial charge in [0.05, 0.1) is 18.9 Å². The Kier molecular flexibility index (Phi) is 6.18. The number of aromatic nitrogens is 4. The van der Waals surface area contributed by atoms with Crippen molar-refractivity contribution in [1.82, 2.24) is 19.9 Å². The Balaban J connectivity index is 1.80. The largest absolute Gasteiger partial charge is 0.396 e. The lowest BCUT2D eigenvalue weighted by Gasteiger charge is -2.45. The standard InChI is InChI=1S/C19H28N6O2/c1-13-9-16(12-27-4)22-19(21-13)25-14(2)10-24(11-15(25)3)18-5-7-20-17(23-18)6-8-26/h5,7,9,14-15,26H,6,8,10-12H2,1-4H3/t14-,15+. The molecule has 2 aromatic rings. The molecule has 0 saturated carbocycles. The summed E-state index contributed by atoms with van der Waals surface area (Å²) in [4.78, 5) is 22.7. The van der Waals surface area contributed by atoms with Crippen molar-refractivity contribution in [3.8, 4) is 0 Å². The van der Waals surface area contributed by atoms with Crippen LogP contribution in [0.15, 0.2) is 18.3 Å². The molecule has 1 saturated heterocycles. The maximum Gasteiger partial charge on any atom is 0.226 e. The van der Waals surface area contributed by atoms with Crippen molar-refractivity contribution in [1.29, 1.82) is 0 Å². The number of ether oxygens (including phenoxy) is 1. The second kappa shape index (κ2) is 8.58. The number of hydrogen-bond donors (Lipinski definition) is 1. The second-order valence-corrected chi connectivity index (χ2v) is 7.05. The number of anilines is 2. The average molecular weight is 372 g/mol. The van der Waals surface area contributed by atoms with E-state index in [9.17, 15) is 0 Å². The number of aryl methyl sites for hydroxylation is 1. The lowest BCUT2D eigenvalue weighted by atomic mass is 10.1. The van der Waals surface area contributed by atoms with Crippen molar-refractivity contribution in [2.45, 2.75) is 45.9 Å². The maximum atomic E-state index is 9.13. The normalized spacial score (nSPS) is 20.2. The van der Waals surface area contributed by atoms with Crippen LogP contribution in [-0.4, -0.2) is 63.9 Å². The van der Waals surface area contributed by atoms with Crippen molar-refractivity contribution in [3.05, 3.63) is 35.5 Å². The predicted molar refractivity (Wildman–Crippen MR) is 104 cm³/mol. The fourth-order valence-corrected chi connectivity index (χ4v) is 3.64. The summed E-state index contributed by atoms with van der Waals surface area (Å²) < 4.78 is 5.24. The highest BCUT2D eigenvalue weighted by molar-refractivity contribution is 5.45. The summed E-state index contributed by atoms with van der Waals surface area (Å²) >= 11 is 0. The molecule has 0 aliphatic carbocycles. The lowest BCUT2D eigenvalue weighted by molar-refractivity contribution is 0.181. The zero-order valence-electron chi connectivity index (χ0n) is 16.5. The molecule has 1 N–H and O–H groups in total. The lowest BCUT2D eigenvalue weighted by Crippen LogP contribution is -2.58. The predicted octanol–water partition coefficient (Wildman–Crippen LogP) is 1.36. The van der Waals surface area contributed by atoms with Crippen LogP contribution >= 0.6 is 0 Å². The van der Waals surface area contributed by atoms with Crippen LogP contribution < -0.4 is 9.80 Å². The Labute approximate surface area is 160 Å². The summed E-state index contributed by atoms with van der Waals surface area (Å²) in [6.07, 6.45) is 2.23. The van der Waals surface area contributed by atoms with Crippen LogP contribution in [0.5, 0.6) is 0 Å². The Bertz CT molecular complexity index is 760. The van der Waals surface area contributed by atoms with Gasteiger partial charge in [-0.3, -0.25) is 0 Å². The fraction of sp³-hybridized carbons (Fsp3) is 0.579. The highest BCUT2D eigenvalue weighted by Gasteiger charge is 2.32. The Morgan fingerprint density at radius 2 is 1.93 bits per heavy atom. The molecule has 8 heteroatoms. The molecule has 0 spiro atoms. The number of nitrogens with zero attached hydrogens (tertiary/aromatic N) is 6. The molecular formula is C19H28N6O2. The van der Waals surface area contributed by atoms with Gasteiger partial charge in [-0.25, -0.2) is 19.9 Å². The van der Waals surface area contributed by atoms with Gasteiger partial charge in [0.2, 0.25) is 5.95 Å². The summed E-state index contributed by atoms with van der Waals surface area (Å²) in [5.74, 6) is 2.33. The minimum Gasteiger partial charge on any atom is -0.396 e. The summed E-state index contributed by atoms with van der Waals surface area (Å²) in [5, 5.41) is 9.13. The number of methoxy groups -OCH3 is 1. The Morgan fingerprint density at radius 1 is 1.19 bits per heavy atom. The molecule has 8 nitrogen and oxygen atoms in total. The van der Waals surface area contributed by atoms with Gasteiger partial charge in [-0.15, -0.1) is 0 Å². The van der Waals surface area contributed by atoms with Crippen molar-refractivity contribution in [3.63, 3.8) is 0 Å². The minimum absolute atomic E-state index is 0.0541. The summed E-state index contributed by atoms with van der Waals surface area (Å²) in [6.45, 7) is 8.51. The number of aliphatic hydroxyl groups is 1. The van der Waals surface area contributed by atoms with E-state index in [-0.39, 0.29) is 18.7 Å². The second-order valence-electron chi connectivity index (χ2n) is 7.05. The van der Waals surface area contributed by atoms with Crippen LogP contribution in [0.2, 0.25) is 0 Å². The summed E-state index contributed by atoms with van der Waals surface area (Å²) in [7, 11) is 1.67. The van der Waals surface area contributed by atoms with E-state index in [1.54, 1.807) is 13.3 Å². The molecule has 0 bridgehead atoms. The molecule has 3 heterocycles. The van der Waals surface area contributed by atoms with Crippen molar-refractivity contribution in [2.75, 3.05) is 36.6 Å². The average Bonchev–Trinajstić information content (AvgIpc) is 2.61. The van der Waals surface area contributed by atoms with Gasteiger partial charge in [-0.2, -0.15) is 0 Å². The van der Waals surface area contributed by atoms with Crippen LogP contribution in [0.1, 0.15) is 31.1 Å². The van der Waals surface area contributed by atoms with Crippen LogP contribution in [-0.2, 0) is 17.8 Å². The summed E-state index contributed by atoms with van der Waals surface area (Å²) in [6, 6.07) is 4.34. The zero-order chi connectivity index (χ0) is 19.4. The SMILES string of the molecule is COCc1cc(C)nc(N2[C@H](C)CN(c3ccnc(CCO)n3)C[C@@H]2C)n1. The Hall–Kier alpha value is -2.32. The van der Waals surface area contributed by atoms with E-state index in [2.05, 4.69) is 38.6 Å². The van der Waals surface area contributed by atoms with Gasteiger partial charge in [-0.05, 0) is 32.9 Å². The molecule has 2 aromatic heterocycles. The first-order valence-electron chi connectivity index (χ1n) is 9.31. The van der Waals surface area contributed by atoms with Crippen molar-refractivity contribution >= 4 is 11.8 Å². The molecule has 1 aliphatic heterocycles. The molecule has 0 unspecified atom stereocenters. The van der Waals surface area contributed by atoms with E-state index in [1.807, 2.05) is 19.1 Å². The molecule has 1 fully saturated rings. The molecule has 0 aromatic carbocycles. The van der Waals surface area contributed by atoms with E-state index in [1.165, 1.54) is 0 Å². The van der Waals surface area contributed by atoms with E-state index in [0.29, 0.717) is 18.9 Å².